The van der Waals surface area contributed by atoms with Gasteiger partial charge in [-0.05, 0) is 17.7 Å². The van der Waals surface area contributed by atoms with Gasteiger partial charge in [0.25, 0.3) is 5.60 Å². The molecule has 9 heteroatoms. The van der Waals surface area contributed by atoms with Crippen molar-refractivity contribution in [3.63, 3.8) is 0 Å². The van der Waals surface area contributed by atoms with E-state index in [1.54, 1.807) is 4.14 Å². The number of aliphatic hydroxyl groups is 1. The number of halogens is 7. The summed E-state index contributed by atoms with van der Waals surface area (Å²) in [5.41, 5.74) is -4.55. The zero-order valence-corrected chi connectivity index (χ0v) is 15.1. The Balaban J connectivity index is 1.97. The smallest absolute Gasteiger partial charge is 0.369 e. The monoisotopic (exact) mass is 487 g/mol. The van der Waals surface area contributed by atoms with Crippen LogP contribution in [-0.4, -0.2) is 21.6 Å². The third-order valence-corrected chi connectivity index (χ3v) is 6.46. The van der Waals surface area contributed by atoms with E-state index in [9.17, 15) is 31.4 Å². The van der Waals surface area contributed by atoms with Crippen LogP contribution in [0.1, 0.15) is 11.1 Å². The normalized spacial score (nSPS) is 15.0. The molecule has 0 saturated heterocycles. The lowest BCUT2D eigenvalue weighted by molar-refractivity contribution is -0.376. The van der Waals surface area contributed by atoms with Crippen LogP contribution in [0.15, 0.2) is 48.5 Å². The minimum absolute atomic E-state index is 0.407. The number of rotatable bonds is 3. The van der Waals surface area contributed by atoms with E-state index in [2.05, 4.69) is 0 Å². The molecule has 0 aliphatic carbocycles. The van der Waals surface area contributed by atoms with E-state index >= 15 is 0 Å². The predicted octanol–water partition coefficient (Wildman–Crippen LogP) is 4.92. The van der Waals surface area contributed by atoms with Crippen molar-refractivity contribution in [2.24, 2.45) is 0 Å². The fourth-order valence-electron chi connectivity index (χ4n) is 2.60. The summed E-state index contributed by atoms with van der Waals surface area (Å²) >= 11 is -0.899. The van der Waals surface area contributed by atoms with Crippen LogP contribution < -0.4 is 4.90 Å². The number of benzene rings is 2. The molecular weight excluding hydrogens is 475 g/mol. The third-order valence-electron chi connectivity index (χ3n) is 3.98. The van der Waals surface area contributed by atoms with Crippen molar-refractivity contribution in [3.05, 3.63) is 63.2 Å². The highest BCUT2D eigenvalue weighted by Gasteiger charge is 2.71. The Labute approximate surface area is 154 Å². The average Bonchev–Trinajstić information content (AvgIpc) is 2.95. The maximum atomic E-state index is 13.0. The number of hydrogen-bond donors (Lipinski definition) is 1. The average molecular weight is 487 g/mol. The standard InChI is InChI=1S/C17H12F6INO/c18-16(19,20)15(26,17(21,22)23)12-6-7-14-13(8-12)24-10-25(14)9-11-4-2-1-3-5-11/h1-8,10,26H,9H2. The third kappa shape index (κ3) is 3.22. The summed E-state index contributed by atoms with van der Waals surface area (Å²) in [6, 6.07) is 12.0. The number of alkyl halides is 6. The SMILES string of the molecule is OC(c1ccc2c(c1)I=CN2Cc1ccccc1)(C(F)(F)F)C(F)(F)F. The van der Waals surface area contributed by atoms with Crippen LogP contribution in [0, 0.1) is 3.57 Å². The van der Waals surface area contributed by atoms with Gasteiger partial charge in [-0.3, -0.25) is 0 Å². The zero-order chi connectivity index (χ0) is 19.2. The fourth-order valence-corrected chi connectivity index (χ4v) is 5.06. The summed E-state index contributed by atoms with van der Waals surface area (Å²) in [4.78, 5) is 1.81. The summed E-state index contributed by atoms with van der Waals surface area (Å²) in [6.07, 6.45) is -11.7. The first-order chi connectivity index (χ1) is 12.0. The molecule has 0 aromatic heterocycles. The van der Waals surface area contributed by atoms with Gasteiger partial charge in [-0.15, -0.1) is 0 Å². The van der Waals surface area contributed by atoms with Gasteiger partial charge in [-0.25, -0.2) is 0 Å². The van der Waals surface area contributed by atoms with E-state index in [0.29, 0.717) is 21.9 Å². The second-order valence-electron chi connectivity index (χ2n) is 5.69. The van der Waals surface area contributed by atoms with Crippen molar-refractivity contribution >= 4 is 30.6 Å². The van der Waals surface area contributed by atoms with Gasteiger partial charge in [0.05, 0.1) is 5.69 Å². The Morgan fingerprint density at radius 1 is 0.885 bits per heavy atom. The van der Waals surface area contributed by atoms with Gasteiger partial charge >= 0.3 is 12.4 Å². The summed E-state index contributed by atoms with van der Waals surface area (Å²) in [5, 5.41) is 9.53. The first-order valence-corrected chi connectivity index (χ1v) is 9.64. The van der Waals surface area contributed by atoms with Gasteiger partial charge in [-0.1, -0.05) is 57.1 Å². The van der Waals surface area contributed by atoms with Gasteiger partial charge in [-0.2, -0.15) is 26.3 Å². The molecule has 2 aromatic rings. The Bertz CT molecular complexity index is 817. The summed E-state index contributed by atoms with van der Waals surface area (Å²) < 4.78 is 80.3. The van der Waals surface area contributed by atoms with Crippen molar-refractivity contribution in [1.82, 2.24) is 0 Å². The predicted molar refractivity (Wildman–Crippen MR) is 93.9 cm³/mol. The molecule has 1 heterocycles. The topological polar surface area (TPSA) is 23.5 Å². The minimum Gasteiger partial charge on any atom is -0.369 e. The molecule has 0 fully saturated rings. The van der Waals surface area contributed by atoms with E-state index in [-0.39, 0.29) is 0 Å². The molecule has 0 saturated carbocycles. The van der Waals surface area contributed by atoms with Gasteiger partial charge in [0.1, 0.15) is 0 Å². The number of anilines is 1. The molecule has 1 aliphatic rings. The van der Waals surface area contributed by atoms with Crippen molar-refractivity contribution in [3.8, 4) is 0 Å². The van der Waals surface area contributed by atoms with Crippen molar-refractivity contribution < 1.29 is 31.4 Å². The van der Waals surface area contributed by atoms with Crippen molar-refractivity contribution in [1.29, 1.82) is 0 Å². The quantitative estimate of drug-likeness (QED) is 0.491. The lowest BCUT2D eigenvalue weighted by atomic mass is 9.92. The Morgan fingerprint density at radius 2 is 1.50 bits per heavy atom. The van der Waals surface area contributed by atoms with E-state index in [4.69, 9.17) is 0 Å². The molecule has 0 bridgehead atoms. The van der Waals surface area contributed by atoms with Crippen LogP contribution in [0.25, 0.3) is 0 Å². The molecule has 2 nitrogen and oxygen atoms in total. The highest BCUT2D eigenvalue weighted by molar-refractivity contribution is 14.2. The lowest BCUT2D eigenvalue weighted by Crippen LogP contribution is -2.53. The molecule has 2 aromatic carbocycles. The van der Waals surface area contributed by atoms with Gasteiger partial charge in [0.15, 0.2) is 0 Å². The van der Waals surface area contributed by atoms with Crippen LogP contribution in [0.4, 0.5) is 32.0 Å². The zero-order valence-electron chi connectivity index (χ0n) is 12.9. The molecule has 0 spiro atoms. The molecule has 1 aliphatic heterocycles. The number of hydrogen-bond acceptors (Lipinski definition) is 2. The Morgan fingerprint density at radius 3 is 2.08 bits per heavy atom. The first kappa shape index (κ1) is 19.2. The van der Waals surface area contributed by atoms with Gasteiger partial charge in [0.2, 0.25) is 0 Å². The summed E-state index contributed by atoms with van der Waals surface area (Å²) in [7, 11) is 0. The largest absolute Gasteiger partial charge is 0.430 e. The van der Waals surface area contributed by atoms with Crippen LogP contribution in [0.2, 0.25) is 0 Å². The van der Waals surface area contributed by atoms with Gasteiger partial charge < -0.3 is 10.0 Å². The molecular formula is C17H12F6INO. The Kier molecular flexibility index (Phi) is 4.80. The molecule has 1 N–H and O–H groups in total. The highest BCUT2D eigenvalue weighted by Crippen LogP contribution is 2.51. The minimum atomic E-state index is -5.87. The van der Waals surface area contributed by atoms with Crippen LogP contribution in [0.5, 0.6) is 0 Å². The second kappa shape index (κ2) is 6.52. The molecule has 140 valence electrons. The van der Waals surface area contributed by atoms with Crippen molar-refractivity contribution in [2.75, 3.05) is 4.90 Å². The molecule has 26 heavy (non-hydrogen) atoms. The molecule has 0 amide bonds. The molecule has 0 unspecified atom stereocenters. The van der Waals surface area contributed by atoms with Gasteiger partial charge in [0, 0.05) is 19.8 Å². The molecule has 0 atom stereocenters. The van der Waals surface area contributed by atoms with Crippen LogP contribution >= 0.6 is 20.7 Å². The molecule has 0 radical (unpaired) electrons. The van der Waals surface area contributed by atoms with Crippen molar-refractivity contribution in [2.45, 2.75) is 24.5 Å². The van der Waals surface area contributed by atoms with E-state index in [0.717, 1.165) is 11.6 Å². The summed E-state index contributed by atoms with van der Waals surface area (Å²) in [5.74, 6) is 0. The fraction of sp³-hybridized carbons (Fsp3) is 0.235. The second-order valence-corrected chi connectivity index (χ2v) is 8.03. The number of fused-ring (bicyclic) bond motifs is 1. The first-order valence-electron chi connectivity index (χ1n) is 7.32. The molecule has 3 rings (SSSR count). The Hall–Kier alpha value is -1.62. The maximum Gasteiger partial charge on any atom is 0.430 e. The maximum absolute atomic E-state index is 13.0. The van der Waals surface area contributed by atoms with E-state index in [1.807, 2.05) is 35.2 Å². The number of nitrogens with zero attached hydrogens (tertiary/aromatic N) is 1. The van der Waals surface area contributed by atoms with E-state index in [1.165, 1.54) is 6.07 Å². The van der Waals surface area contributed by atoms with Crippen LogP contribution in [-0.2, 0) is 12.1 Å². The highest BCUT2D eigenvalue weighted by atomic mass is 127. The van der Waals surface area contributed by atoms with Crippen LogP contribution in [0.3, 0.4) is 0 Å². The van der Waals surface area contributed by atoms with E-state index < -0.39 is 44.2 Å². The lowest BCUT2D eigenvalue weighted by Gasteiger charge is -2.33. The summed E-state index contributed by atoms with van der Waals surface area (Å²) in [6.45, 7) is 0.468.